The van der Waals surface area contributed by atoms with Crippen LogP contribution in [0.15, 0.2) is 84.9 Å². The van der Waals surface area contributed by atoms with Crippen molar-refractivity contribution in [2.75, 3.05) is 23.4 Å². The zero-order valence-corrected chi connectivity index (χ0v) is 15.6. The molecule has 0 fully saturated rings. The van der Waals surface area contributed by atoms with Gasteiger partial charge in [0.1, 0.15) is 13.2 Å². The van der Waals surface area contributed by atoms with Gasteiger partial charge in [-0.15, -0.1) is 0 Å². The number of ether oxygens (including phenoxy) is 1. The van der Waals surface area contributed by atoms with Gasteiger partial charge in [-0.25, -0.2) is 0 Å². The van der Waals surface area contributed by atoms with Gasteiger partial charge in [-0.2, -0.15) is 5.26 Å². The molecule has 0 aromatic heterocycles. The summed E-state index contributed by atoms with van der Waals surface area (Å²) in [6, 6.07) is 27.0. The van der Waals surface area contributed by atoms with E-state index in [4.69, 9.17) is 10.00 Å². The number of anilines is 3. The lowest BCUT2D eigenvalue weighted by atomic mass is 10.2. The number of nitrogens with one attached hydrogen (secondary N) is 1. The standard InChI is InChI=1S/C23H19N3O3/c24-15-18-11-13-19(14-12-18)25-22(27)16-29-17-23(28)26(20-7-3-1-4-8-20)21-9-5-2-6-10-21/h1-14H,16-17H2,(H,25,27). The number of amides is 2. The van der Waals surface area contributed by atoms with Crippen LogP contribution in [0.25, 0.3) is 0 Å². The Morgan fingerprint density at radius 2 is 1.38 bits per heavy atom. The summed E-state index contributed by atoms with van der Waals surface area (Å²) in [6.07, 6.45) is 0. The number of carbonyl (C=O) groups is 2. The number of para-hydroxylation sites is 2. The maximum absolute atomic E-state index is 12.8. The van der Waals surface area contributed by atoms with E-state index in [1.807, 2.05) is 66.7 Å². The summed E-state index contributed by atoms with van der Waals surface area (Å²) < 4.78 is 5.34. The first kappa shape index (κ1) is 19.8. The topological polar surface area (TPSA) is 82.4 Å². The van der Waals surface area contributed by atoms with Crippen molar-refractivity contribution < 1.29 is 14.3 Å². The van der Waals surface area contributed by atoms with Crippen molar-refractivity contribution in [3.63, 3.8) is 0 Å². The minimum atomic E-state index is -0.381. The minimum absolute atomic E-state index is 0.245. The molecule has 3 aromatic carbocycles. The van der Waals surface area contributed by atoms with Crippen molar-refractivity contribution in [1.82, 2.24) is 0 Å². The van der Waals surface area contributed by atoms with Gasteiger partial charge in [0, 0.05) is 17.1 Å². The van der Waals surface area contributed by atoms with Crippen LogP contribution in [0.5, 0.6) is 0 Å². The second-order valence-electron chi connectivity index (χ2n) is 6.13. The number of nitriles is 1. The van der Waals surface area contributed by atoms with Gasteiger partial charge in [-0.05, 0) is 48.5 Å². The molecule has 0 aliphatic heterocycles. The molecular weight excluding hydrogens is 366 g/mol. The molecule has 0 spiro atoms. The molecule has 2 amide bonds. The van der Waals surface area contributed by atoms with Crippen molar-refractivity contribution in [3.05, 3.63) is 90.5 Å². The molecule has 144 valence electrons. The predicted molar refractivity (Wildman–Crippen MR) is 111 cm³/mol. The lowest BCUT2D eigenvalue weighted by Gasteiger charge is -2.23. The van der Waals surface area contributed by atoms with Gasteiger partial charge >= 0.3 is 0 Å². The van der Waals surface area contributed by atoms with Crippen LogP contribution in [0.1, 0.15) is 5.56 Å². The van der Waals surface area contributed by atoms with E-state index in [0.717, 1.165) is 0 Å². The Morgan fingerprint density at radius 3 is 1.90 bits per heavy atom. The van der Waals surface area contributed by atoms with E-state index >= 15 is 0 Å². The Bertz CT molecular complexity index is 958. The van der Waals surface area contributed by atoms with E-state index in [-0.39, 0.29) is 25.0 Å². The fourth-order valence-corrected chi connectivity index (χ4v) is 2.71. The molecule has 1 N–H and O–H groups in total. The van der Waals surface area contributed by atoms with Crippen LogP contribution in [-0.2, 0) is 14.3 Å². The van der Waals surface area contributed by atoms with E-state index in [1.54, 1.807) is 29.2 Å². The number of benzene rings is 3. The number of carbonyl (C=O) groups excluding carboxylic acids is 2. The number of rotatable bonds is 7. The molecule has 0 radical (unpaired) electrons. The lowest BCUT2D eigenvalue weighted by molar-refractivity contribution is -0.126. The van der Waals surface area contributed by atoms with Crippen molar-refractivity contribution >= 4 is 28.9 Å². The fourth-order valence-electron chi connectivity index (χ4n) is 2.71. The van der Waals surface area contributed by atoms with Crippen LogP contribution >= 0.6 is 0 Å². The zero-order valence-electron chi connectivity index (χ0n) is 15.6. The van der Waals surface area contributed by atoms with Crippen molar-refractivity contribution in [2.45, 2.75) is 0 Å². The largest absolute Gasteiger partial charge is 0.362 e. The highest BCUT2D eigenvalue weighted by atomic mass is 16.5. The van der Waals surface area contributed by atoms with Gasteiger partial charge in [-0.1, -0.05) is 36.4 Å². The molecule has 6 heteroatoms. The smallest absolute Gasteiger partial charge is 0.257 e. The van der Waals surface area contributed by atoms with E-state index in [2.05, 4.69) is 5.32 Å². The average molecular weight is 385 g/mol. The molecule has 3 aromatic rings. The van der Waals surface area contributed by atoms with E-state index in [0.29, 0.717) is 22.6 Å². The first-order chi connectivity index (χ1) is 14.2. The monoisotopic (exact) mass is 385 g/mol. The molecule has 0 unspecified atom stereocenters. The van der Waals surface area contributed by atoms with E-state index < -0.39 is 0 Å². The van der Waals surface area contributed by atoms with Crippen molar-refractivity contribution in [3.8, 4) is 6.07 Å². The third kappa shape index (κ3) is 5.51. The number of hydrogen-bond acceptors (Lipinski definition) is 4. The SMILES string of the molecule is N#Cc1ccc(NC(=O)COCC(=O)N(c2ccccc2)c2ccccc2)cc1. The molecule has 0 aliphatic carbocycles. The quantitative estimate of drug-likeness (QED) is 0.669. The van der Waals surface area contributed by atoms with Crippen LogP contribution in [0, 0.1) is 11.3 Å². The summed E-state index contributed by atoms with van der Waals surface area (Å²) in [6.45, 7) is -0.506. The molecule has 3 rings (SSSR count). The zero-order chi connectivity index (χ0) is 20.5. The van der Waals surface area contributed by atoms with Crippen LogP contribution < -0.4 is 10.2 Å². The Kier molecular flexibility index (Phi) is 6.71. The average Bonchev–Trinajstić information content (AvgIpc) is 2.76. The Morgan fingerprint density at radius 1 is 0.828 bits per heavy atom. The third-order valence-electron chi connectivity index (χ3n) is 4.03. The maximum atomic E-state index is 12.8. The second kappa shape index (κ2) is 9.83. The summed E-state index contributed by atoms with van der Waals surface area (Å²) in [5, 5.41) is 11.5. The first-order valence-electron chi connectivity index (χ1n) is 8.98. The van der Waals surface area contributed by atoms with Gasteiger partial charge in [0.2, 0.25) is 5.91 Å². The third-order valence-corrected chi connectivity index (χ3v) is 4.03. The molecule has 6 nitrogen and oxygen atoms in total. The summed E-state index contributed by atoms with van der Waals surface area (Å²) in [7, 11) is 0. The van der Waals surface area contributed by atoms with Gasteiger partial charge in [0.15, 0.2) is 0 Å². The molecule has 0 heterocycles. The van der Waals surface area contributed by atoms with E-state index in [1.165, 1.54) is 0 Å². The highest BCUT2D eigenvalue weighted by molar-refractivity contribution is 6.01. The minimum Gasteiger partial charge on any atom is -0.362 e. The van der Waals surface area contributed by atoms with Gasteiger partial charge < -0.3 is 10.1 Å². The van der Waals surface area contributed by atoms with Crippen molar-refractivity contribution in [2.24, 2.45) is 0 Å². The van der Waals surface area contributed by atoms with Crippen LogP contribution in [0.4, 0.5) is 17.1 Å². The summed E-state index contributed by atoms with van der Waals surface area (Å²) >= 11 is 0. The summed E-state index contributed by atoms with van der Waals surface area (Å²) in [4.78, 5) is 26.4. The molecule has 0 bridgehead atoms. The van der Waals surface area contributed by atoms with Crippen LogP contribution in [0.2, 0.25) is 0 Å². The summed E-state index contributed by atoms with van der Waals surface area (Å²) in [5.41, 5.74) is 2.49. The van der Waals surface area contributed by atoms with Gasteiger partial charge in [0.25, 0.3) is 5.91 Å². The van der Waals surface area contributed by atoms with E-state index in [9.17, 15) is 9.59 Å². The van der Waals surface area contributed by atoms with Gasteiger partial charge in [-0.3, -0.25) is 14.5 Å². The molecule has 0 saturated carbocycles. The van der Waals surface area contributed by atoms with Gasteiger partial charge in [0.05, 0.1) is 11.6 Å². The molecule has 29 heavy (non-hydrogen) atoms. The molecule has 0 saturated heterocycles. The highest BCUT2D eigenvalue weighted by Gasteiger charge is 2.18. The summed E-state index contributed by atoms with van der Waals surface area (Å²) in [5.74, 6) is -0.665. The Balaban J connectivity index is 1.58. The Labute approximate surface area is 169 Å². The Hall–Kier alpha value is -3.95. The fraction of sp³-hybridized carbons (Fsp3) is 0.0870. The number of hydrogen-bond donors (Lipinski definition) is 1. The molecular formula is C23H19N3O3. The molecule has 0 aliphatic rings. The second-order valence-corrected chi connectivity index (χ2v) is 6.13. The molecule has 0 atom stereocenters. The lowest BCUT2D eigenvalue weighted by Crippen LogP contribution is -2.31. The van der Waals surface area contributed by atoms with Crippen LogP contribution in [0.3, 0.4) is 0 Å². The highest BCUT2D eigenvalue weighted by Crippen LogP contribution is 2.25. The first-order valence-corrected chi connectivity index (χ1v) is 8.98. The normalized spacial score (nSPS) is 10.0. The van der Waals surface area contributed by atoms with Crippen LogP contribution in [-0.4, -0.2) is 25.0 Å². The number of nitrogens with zero attached hydrogens (tertiary/aromatic N) is 2. The van der Waals surface area contributed by atoms with Crippen molar-refractivity contribution in [1.29, 1.82) is 5.26 Å². The maximum Gasteiger partial charge on any atom is 0.257 e. The predicted octanol–water partition coefficient (Wildman–Crippen LogP) is 3.88.